The Hall–Kier alpha value is -2.84. The first-order valence-electron chi connectivity index (χ1n) is 7.47. The number of nitrogens with one attached hydrogen (secondary N) is 2. The van der Waals surface area contributed by atoms with Gasteiger partial charge in [0.1, 0.15) is 5.60 Å². The van der Waals surface area contributed by atoms with Gasteiger partial charge in [0.15, 0.2) is 5.03 Å². The van der Waals surface area contributed by atoms with Gasteiger partial charge in [0, 0.05) is 6.54 Å². The second kappa shape index (κ2) is 8.70. The molecule has 0 heterocycles. The number of hydrogen-bond donors (Lipinski definition) is 3. The van der Waals surface area contributed by atoms with Crippen LogP contribution >= 0.6 is 0 Å². The van der Waals surface area contributed by atoms with Crippen LogP contribution in [0.2, 0.25) is 0 Å². The highest BCUT2D eigenvalue weighted by Crippen LogP contribution is 2.14. The summed E-state index contributed by atoms with van der Waals surface area (Å²) >= 11 is 0. The number of amides is 1. The predicted octanol–water partition coefficient (Wildman–Crippen LogP) is 1.87. The van der Waals surface area contributed by atoms with Crippen LogP contribution in [-0.4, -0.2) is 29.2 Å². The monoisotopic (exact) mass is 337 g/mol. The van der Waals surface area contributed by atoms with Gasteiger partial charge in [0.25, 0.3) is 5.96 Å². The molecule has 0 fully saturated rings. The average molecular weight is 337 g/mol. The van der Waals surface area contributed by atoms with E-state index in [0.717, 1.165) is 18.4 Å². The van der Waals surface area contributed by atoms with Crippen LogP contribution in [0.1, 0.15) is 32.8 Å². The third kappa shape index (κ3) is 8.57. The second-order valence-corrected chi connectivity index (χ2v) is 6.06. The van der Waals surface area contributed by atoms with Gasteiger partial charge in [-0.25, -0.2) is 19.9 Å². The molecule has 0 aliphatic heterocycles. The van der Waals surface area contributed by atoms with Crippen LogP contribution in [0.5, 0.6) is 0 Å². The van der Waals surface area contributed by atoms with Crippen molar-refractivity contribution in [3.8, 4) is 0 Å². The van der Waals surface area contributed by atoms with Crippen LogP contribution in [-0.2, 0) is 11.2 Å². The van der Waals surface area contributed by atoms with Crippen LogP contribution < -0.4 is 16.5 Å². The minimum Gasteiger partial charge on any atom is -0.444 e. The maximum atomic E-state index is 11.5. The zero-order valence-corrected chi connectivity index (χ0v) is 14.0. The lowest BCUT2D eigenvalue weighted by molar-refractivity contribution is -0.525. The number of nitrogens with two attached hydrogens (primary N) is 1. The molecule has 132 valence electrons. The van der Waals surface area contributed by atoms with Gasteiger partial charge in [-0.15, -0.1) is 0 Å². The number of aliphatic imine (C=N–C) groups is 1. The first-order valence-corrected chi connectivity index (χ1v) is 7.47. The highest BCUT2D eigenvalue weighted by Gasteiger charge is 2.15. The topological polar surface area (TPSA) is 132 Å². The van der Waals surface area contributed by atoms with Gasteiger partial charge in [-0.3, -0.25) is 0 Å². The van der Waals surface area contributed by atoms with Crippen molar-refractivity contribution in [2.45, 2.75) is 39.2 Å². The van der Waals surface area contributed by atoms with Gasteiger partial charge >= 0.3 is 6.09 Å². The molecule has 0 atom stereocenters. The standard InChI is InChI=1S/C15H23N5O4/c1-15(2,3)24-14(21)17-10-4-5-11-6-8-12(9-7-11)18-13(16)19-20(22)23/h6-9H,4-5,10H2,1-3H3,(H,17,21)(H3,16,18,19). The van der Waals surface area contributed by atoms with E-state index in [0.29, 0.717) is 12.2 Å². The van der Waals surface area contributed by atoms with Gasteiger partial charge in [0.05, 0.1) is 5.69 Å². The number of alkyl carbamates (subject to hydrolysis) is 1. The molecule has 24 heavy (non-hydrogen) atoms. The molecule has 0 aliphatic rings. The fourth-order valence-corrected chi connectivity index (χ4v) is 1.79. The average Bonchev–Trinajstić information content (AvgIpc) is 2.42. The smallest absolute Gasteiger partial charge is 0.407 e. The number of carbonyl (C=O) groups is 1. The van der Waals surface area contributed by atoms with Crippen molar-refractivity contribution in [3.63, 3.8) is 0 Å². The molecule has 1 amide bonds. The molecular formula is C15H23N5O4. The van der Waals surface area contributed by atoms with E-state index in [1.165, 1.54) is 0 Å². The third-order valence-corrected chi connectivity index (χ3v) is 2.70. The zero-order chi connectivity index (χ0) is 18.2. The van der Waals surface area contributed by atoms with Gasteiger partial charge in [0.2, 0.25) is 0 Å². The molecular weight excluding hydrogens is 314 g/mol. The minimum atomic E-state index is -0.773. The van der Waals surface area contributed by atoms with E-state index < -0.39 is 16.7 Å². The molecule has 0 saturated carbocycles. The fourth-order valence-electron chi connectivity index (χ4n) is 1.79. The summed E-state index contributed by atoms with van der Waals surface area (Å²) in [4.78, 5) is 25.6. The number of carbonyl (C=O) groups excluding carboxylic acids is 1. The summed E-state index contributed by atoms with van der Waals surface area (Å²) in [6, 6.07) is 7.13. The number of nitrogens with zero attached hydrogens (tertiary/aromatic N) is 2. The van der Waals surface area contributed by atoms with Crippen molar-refractivity contribution in [2.24, 2.45) is 10.7 Å². The number of ether oxygens (including phenoxy) is 1. The molecule has 0 spiro atoms. The van der Waals surface area contributed by atoms with Gasteiger partial charge in [-0.1, -0.05) is 17.6 Å². The number of aryl methyl sites for hydroxylation is 1. The van der Waals surface area contributed by atoms with Crippen molar-refractivity contribution in [1.29, 1.82) is 0 Å². The van der Waals surface area contributed by atoms with E-state index in [2.05, 4.69) is 10.3 Å². The Morgan fingerprint density at radius 2 is 1.96 bits per heavy atom. The summed E-state index contributed by atoms with van der Waals surface area (Å²) in [5.74, 6) is -0.283. The first-order chi connectivity index (χ1) is 11.2. The molecule has 0 aliphatic carbocycles. The highest BCUT2D eigenvalue weighted by molar-refractivity contribution is 5.79. The summed E-state index contributed by atoms with van der Waals surface area (Å²) in [7, 11) is 0. The number of benzene rings is 1. The van der Waals surface area contributed by atoms with Crippen molar-refractivity contribution in [1.82, 2.24) is 10.7 Å². The summed E-state index contributed by atoms with van der Waals surface area (Å²) in [6.07, 6.45) is 1.09. The van der Waals surface area contributed by atoms with Crippen molar-refractivity contribution < 1.29 is 14.6 Å². The minimum absolute atomic E-state index is 0.283. The van der Waals surface area contributed by atoms with Crippen LogP contribution in [0, 0.1) is 10.1 Å². The lowest BCUT2D eigenvalue weighted by atomic mass is 10.1. The third-order valence-electron chi connectivity index (χ3n) is 2.70. The predicted molar refractivity (Wildman–Crippen MR) is 90.4 cm³/mol. The van der Waals surface area contributed by atoms with E-state index in [-0.39, 0.29) is 5.96 Å². The quantitative estimate of drug-likeness (QED) is 0.239. The number of hydrazine groups is 1. The SMILES string of the molecule is CC(C)(C)OC(=O)NCCCc1ccc(N=C(N)N[N+](=O)[O-])cc1. The van der Waals surface area contributed by atoms with Crippen molar-refractivity contribution in [2.75, 3.05) is 6.54 Å². The largest absolute Gasteiger partial charge is 0.444 e. The molecule has 0 unspecified atom stereocenters. The second-order valence-electron chi connectivity index (χ2n) is 6.06. The van der Waals surface area contributed by atoms with E-state index in [9.17, 15) is 14.9 Å². The highest BCUT2D eigenvalue weighted by atomic mass is 16.7. The molecule has 0 radical (unpaired) electrons. The summed E-state index contributed by atoms with van der Waals surface area (Å²) in [5, 5.41) is 12.1. The lowest BCUT2D eigenvalue weighted by Gasteiger charge is -2.19. The van der Waals surface area contributed by atoms with Crippen LogP contribution in [0.15, 0.2) is 29.3 Å². The molecule has 9 nitrogen and oxygen atoms in total. The Balaban J connectivity index is 2.37. The van der Waals surface area contributed by atoms with Gasteiger partial charge < -0.3 is 15.8 Å². The Morgan fingerprint density at radius 3 is 2.50 bits per heavy atom. The molecule has 1 aromatic rings. The lowest BCUT2D eigenvalue weighted by Crippen LogP contribution is -2.35. The van der Waals surface area contributed by atoms with Crippen LogP contribution in [0.3, 0.4) is 0 Å². The van der Waals surface area contributed by atoms with Gasteiger partial charge in [-0.05, 0) is 51.3 Å². The Bertz CT molecular complexity index is 593. The zero-order valence-electron chi connectivity index (χ0n) is 14.0. The van der Waals surface area contributed by atoms with Crippen LogP contribution in [0.25, 0.3) is 0 Å². The van der Waals surface area contributed by atoms with E-state index in [1.54, 1.807) is 17.6 Å². The summed E-state index contributed by atoms with van der Waals surface area (Å²) in [6.45, 7) is 5.94. The van der Waals surface area contributed by atoms with Crippen molar-refractivity contribution >= 4 is 17.7 Å². The maximum Gasteiger partial charge on any atom is 0.407 e. The summed E-state index contributed by atoms with van der Waals surface area (Å²) < 4.78 is 5.14. The number of hydrogen-bond acceptors (Lipinski definition) is 5. The number of nitro groups is 1. The number of rotatable bonds is 6. The first kappa shape index (κ1) is 19.2. The maximum absolute atomic E-state index is 11.5. The Morgan fingerprint density at radius 1 is 1.33 bits per heavy atom. The summed E-state index contributed by atoms with van der Waals surface area (Å²) in [5.41, 5.74) is 8.19. The van der Waals surface area contributed by atoms with E-state index in [1.807, 2.05) is 32.9 Å². The van der Waals surface area contributed by atoms with Crippen molar-refractivity contribution in [3.05, 3.63) is 39.9 Å². The van der Waals surface area contributed by atoms with Crippen LogP contribution in [0.4, 0.5) is 10.5 Å². The molecule has 9 heteroatoms. The van der Waals surface area contributed by atoms with E-state index >= 15 is 0 Å². The molecule has 1 rings (SSSR count). The molecule has 4 N–H and O–H groups in total. The Kier molecular flexibility index (Phi) is 6.97. The molecule has 0 aromatic heterocycles. The number of guanidine groups is 1. The fraction of sp³-hybridized carbons (Fsp3) is 0.467. The normalized spacial score (nSPS) is 11.7. The molecule has 1 aromatic carbocycles. The Labute approximate surface area is 140 Å². The van der Waals surface area contributed by atoms with E-state index in [4.69, 9.17) is 10.5 Å². The molecule has 0 bridgehead atoms. The molecule has 0 saturated heterocycles. The van der Waals surface area contributed by atoms with Gasteiger partial charge in [-0.2, -0.15) is 0 Å².